The predicted molar refractivity (Wildman–Crippen MR) is 73.4 cm³/mol. The first kappa shape index (κ1) is 16.7. The van der Waals surface area contributed by atoms with E-state index in [2.05, 4.69) is 24.2 Å². The molecule has 1 rings (SSSR count). The van der Waals surface area contributed by atoms with Crippen molar-refractivity contribution in [2.24, 2.45) is 5.73 Å². The number of nitrogens with one attached hydrogen (secondary N) is 1. The molecule has 1 aliphatic carbocycles. The number of nitrogens with two attached hydrogens (primary N) is 1. The van der Waals surface area contributed by atoms with Gasteiger partial charge < -0.3 is 11.1 Å². The molecule has 1 amide bonds. The van der Waals surface area contributed by atoms with Gasteiger partial charge in [0.25, 0.3) is 0 Å². The van der Waals surface area contributed by atoms with Gasteiger partial charge >= 0.3 is 0 Å². The van der Waals surface area contributed by atoms with Crippen LogP contribution in [0.1, 0.15) is 39.5 Å². The SMILES string of the molecule is CCCC(N)C(=O)NCC(C)N(C)C1CC1.Cl. The van der Waals surface area contributed by atoms with Crippen LogP contribution in [0.15, 0.2) is 0 Å². The van der Waals surface area contributed by atoms with E-state index < -0.39 is 0 Å². The molecule has 3 N–H and O–H groups in total. The third kappa shape index (κ3) is 5.70. The molecule has 5 heteroatoms. The molecule has 0 heterocycles. The van der Waals surface area contributed by atoms with Gasteiger partial charge in [0, 0.05) is 18.6 Å². The second-order valence-electron chi connectivity index (χ2n) is 4.89. The monoisotopic (exact) mass is 263 g/mol. The highest BCUT2D eigenvalue weighted by Gasteiger charge is 2.29. The van der Waals surface area contributed by atoms with Gasteiger partial charge in [0.1, 0.15) is 0 Å². The van der Waals surface area contributed by atoms with E-state index in [9.17, 15) is 4.79 Å². The number of carbonyl (C=O) groups is 1. The minimum absolute atomic E-state index is 0. The zero-order valence-corrected chi connectivity index (χ0v) is 11.9. The summed E-state index contributed by atoms with van der Waals surface area (Å²) < 4.78 is 0. The van der Waals surface area contributed by atoms with E-state index in [4.69, 9.17) is 5.73 Å². The number of carbonyl (C=O) groups excluding carboxylic acids is 1. The van der Waals surface area contributed by atoms with Crippen molar-refractivity contribution in [2.45, 2.75) is 57.7 Å². The van der Waals surface area contributed by atoms with Gasteiger partial charge in [0.15, 0.2) is 0 Å². The molecule has 0 aromatic heterocycles. The highest BCUT2D eigenvalue weighted by atomic mass is 35.5. The molecule has 0 aromatic rings. The second-order valence-corrected chi connectivity index (χ2v) is 4.89. The Morgan fingerprint density at radius 1 is 1.53 bits per heavy atom. The van der Waals surface area contributed by atoms with E-state index in [1.165, 1.54) is 12.8 Å². The molecule has 2 unspecified atom stereocenters. The van der Waals surface area contributed by atoms with Gasteiger partial charge in [0.2, 0.25) is 5.91 Å². The summed E-state index contributed by atoms with van der Waals surface area (Å²) in [6.45, 7) is 4.88. The van der Waals surface area contributed by atoms with Gasteiger partial charge in [-0.15, -0.1) is 12.4 Å². The number of hydrogen-bond donors (Lipinski definition) is 2. The minimum atomic E-state index is -0.344. The first-order chi connectivity index (χ1) is 7.56. The third-order valence-corrected chi connectivity index (χ3v) is 3.33. The fraction of sp³-hybridized carbons (Fsp3) is 0.917. The Bertz CT molecular complexity index is 234. The summed E-state index contributed by atoms with van der Waals surface area (Å²) >= 11 is 0. The van der Waals surface area contributed by atoms with Crippen molar-refractivity contribution in [3.05, 3.63) is 0 Å². The fourth-order valence-electron chi connectivity index (χ4n) is 1.81. The summed E-state index contributed by atoms with van der Waals surface area (Å²) in [5.74, 6) is -0.0158. The highest BCUT2D eigenvalue weighted by molar-refractivity contribution is 5.85. The maximum atomic E-state index is 11.6. The van der Waals surface area contributed by atoms with E-state index in [-0.39, 0.29) is 24.4 Å². The van der Waals surface area contributed by atoms with Crippen molar-refractivity contribution in [2.75, 3.05) is 13.6 Å². The molecule has 0 spiro atoms. The average molecular weight is 264 g/mol. The van der Waals surface area contributed by atoms with E-state index in [1.54, 1.807) is 0 Å². The van der Waals surface area contributed by atoms with Crippen molar-refractivity contribution >= 4 is 18.3 Å². The predicted octanol–water partition coefficient (Wildman–Crippen LogP) is 1.13. The number of nitrogens with zero attached hydrogens (tertiary/aromatic N) is 1. The molecular weight excluding hydrogens is 238 g/mol. The third-order valence-electron chi connectivity index (χ3n) is 3.33. The summed E-state index contributed by atoms with van der Waals surface area (Å²) in [5, 5.41) is 2.92. The van der Waals surface area contributed by atoms with Crippen LogP contribution in [0.4, 0.5) is 0 Å². The van der Waals surface area contributed by atoms with Crippen LogP contribution in [0.25, 0.3) is 0 Å². The number of amides is 1. The molecule has 4 nitrogen and oxygen atoms in total. The lowest BCUT2D eigenvalue weighted by atomic mass is 10.1. The Balaban J connectivity index is 0.00000256. The zero-order valence-electron chi connectivity index (χ0n) is 11.1. The second kappa shape index (κ2) is 7.90. The molecule has 0 aliphatic heterocycles. The molecule has 0 aromatic carbocycles. The van der Waals surface area contributed by atoms with Gasteiger partial charge in [-0.05, 0) is 33.2 Å². The van der Waals surface area contributed by atoms with Crippen LogP contribution in [0, 0.1) is 0 Å². The highest BCUT2D eigenvalue weighted by Crippen LogP contribution is 2.26. The number of halogens is 1. The van der Waals surface area contributed by atoms with Crippen LogP contribution < -0.4 is 11.1 Å². The van der Waals surface area contributed by atoms with Gasteiger partial charge in [-0.1, -0.05) is 13.3 Å². The molecule has 1 fully saturated rings. The smallest absolute Gasteiger partial charge is 0.236 e. The molecule has 0 bridgehead atoms. The summed E-state index contributed by atoms with van der Waals surface area (Å²) in [6, 6.07) is 0.782. The Labute approximate surface area is 111 Å². The first-order valence-electron chi connectivity index (χ1n) is 6.31. The lowest BCUT2D eigenvalue weighted by Crippen LogP contribution is -2.46. The molecule has 0 radical (unpaired) electrons. The van der Waals surface area contributed by atoms with E-state index in [0.29, 0.717) is 12.6 Å². The summed E-state index contributed by atoms with van der Waals surface area (Å²) in [5.41, 5.74) is 5.74. The quantitative estimate of drug-likeness (QED) is 0.724. The van der Waals surface area contributed by atoms with Crippen molar-refractivity contribution < 1.29 is 4.79 Å². The maximum absolute atomic E-state index is 11.6. The van der Waals surface area contributed by atoms with Crippen LogP contribution in [0.5, 0.6) is 0 Å². The molecule has 17 heavy (non-hydrogen) atoms. The zero-order chi connectivity index (χ0) is 12.1. The summed E-state index contributed by atoms with van der Waals surface area (Å²) in [4.78, 5) is 13.9. The maximum Gasteiger partial charge on any atom is 0.236 e. The van der Waals surface area contributed by atoms with E-state index in [0.717, 1.165) is 18.9 Å². The summed E-state index contributed by atoms with van der Waals surface area (Å²) in [7, 11) is 2.13. The van der Waals surface area contributed by atoms with Gasteiger partial charge in [-0.2, -0.15) is 0 Å². The van der Waals surface area contributed by atoms with Crippen LogP contribution in [-0.2, 0) is 4.79 Å². The average Bonchev–Trinajstić information content (AvgIpc) is 3.08. The molecule has 1 saturated carbocycles. The van der Waals surface area contributed by atoms with Crippen LogP contribution in [0.2, 0.25) is 0 Å². The largest absolute Gasteiger partial charge is 0.353 e. The lowest BCUT2D eigenvalue weighted by molar-refractivity contribution is -0.122. The van der Waals surface area contributed by atoms with Gasteiger partial charge in [-0.3, -0.25) is 9.69 Å². The Morgan fingerprint density at radius 3 is 2.59 bits per heavy atom. The molecule has 1 aliphatic rings. The number of likely N-dealkylation sites (N-methyl/N-ethyl adjacent to an activating group) is 1. The Hall–Kier alpha value is -0.320. The Kier molecular flexibility index (Phi) is 7.75. The molecular formula is C12H26ClN3O. The van der Waals surface area contributed by atoms with E-state index >= 15 is 0 Å². The first-order valence-corrected chi connectivity index (χ1v) is 6.31. The van der Waals surface area contributed by atoms with Crippen molar-refractivity contribution in [3.63, 3.8) is 0 Å². The summed E-state index contributed by atoms with van der Waals surface area (Å²) in [6.07, 6.45) is 4.30. The topological polar surface area (TPSA) is 58.4 Å². The molecule has 0 saturated heterocycles. The van der Waals surface area contributed by atoms with Crippen LogP contribution in [0.3, 0.4) is 0 Å². The van der Waals surface area contributed by atoms with E-state index in [1.807, 2.05) is 6.92 Å². The lowest BCUT2D eigenvalue weighted by Gasteiger charge is -2.25. The van der Waals surface area contributed by atoms with Crippen molar-refractivity contribution in [1.82, 2.24) is 10.2 Å². The van der Waals surface area contributed by atoms with Crippen LogP contribution >= 0.6 is 12.4 Å². The fourth-order valence-corrected chi connectivity index (χ4v) is 1.81. The van der Waals surface area contributed by atoms with Crippen molar-refractivity contribution in [1.29, 1.82) is 0 Å². The van der Waals surface area contributed by atoms with Crippen molar-refractivity contribution in [3.8, 4) is 0 Å². The van der Waals surface area contributed by atoms with Crippen LogP contribution in [-0.4, -0.2) is 42.5 Å². The molecule has 2 atom stereocenters. The minimum Gasteiger partial charge on any atom is -0.353 e. The standard InChI is InChI=1S/C12H25N3O.ClH/c1-4-5-11(13)12(16)14-8-9(2)15(3)10-6-7-10;/h9-11H,4-8,13H2,1-3H3,(H,14,16);1H. The normalized spacial score (nSPS) is 18.4. The Morgan fingerprint density at radius 2 is 2.12 bits per heavy atom. The number of hydrogen-bond acceptors (Lipinski definition) is 3. The van der Waals surface area contributed by atoms with Gasteiger partial charge in [0.05, 0.1) is 6.04 Å². The number of rotatable bonds is 7. The van der Waals surface area contributed by atoms with Gasteiger partial charge in [-0.25, -0.2) is 0 Å². The molecule has 102 valence electrons.